The lowest BCUT2D eigenvalue weighted by molar-refractivity contribution is -0.128. The van der Waals surface area contributed by atoms with Gasteiger partial charge in [-0.05, 0) is 26.2 Å². The second-order valence-electron chi connectivity index (χ2n) is 4.21. The van der Waals surface area contributed by atoms with Gasteiger partial charge in [0.2, 0.25) is 5.91 Å². The summed E-state index contributed by atoms with van der Waals surface area (Å²) >= 11 is 0. The summed E-state index contributed by atoms with van der Waals surface area (Å²) < 4.78 is 0. The minimum atomic E-state index is 0. The largest absolute Gasteiger partial charge is 0.357 e. The van der Waals surface area contributed by atoms with Crippen molar-refractivity contribution in [3.63, 3.8) is 0 Å². The Morgan fingerprint density at radius 3 is 2.44 bits per heavy atom. The summed E-state index contributed by atoms with van der Waals surface area (Å²) in [6, 6.07) is 0. The van der Waals surface area contributed by atoms with Crippen LogP contribution < -0.4 is 10.6 Å². The predicted octanol–water partition coefficient (Wildman–Crippen LogP) is 1.19. The number of guanidine groups is 1. The third-order valence-corrected chi connectivity index (χ3v) is 2.72. The second-order valence-corrected chi connectivity index (χ2v) is 4.21. The van der Waals surface area contributed by atoms with Crippen molar-refractivity contribution in [1.29, 1.82) is 0 Å². The van der Waals surface area contributed by atoms with E-state index in [2.05, 4.69) is 22.5 Å². The quantitative estimate of drug-likeness (QED) is 0.436. The van der Waals surface area contributed by atoms with Crippen LogP contribution in [0, 0.1) is 0 Å². The molecule has 5 nitrogen and oxygen atoms in total. The van der Waals surface area contributed by atoms with Crippen LogP contribution in [0.1, 0.15) is 33.1 Å². The molecule has 1 fully saturated rings. The topological polar surface area (TPSA) is 56.7 Å². The maximum absolute atomic E-state index is 11.8. The van der Waals surface area contributed by atoms with E-state index in [0.29, 0.717) is 0 Å². The van der Waals surface area contributed by atoms with Crippen molar-refractivity contribution in [2.24, 2.45) is 4.99 Å². The minimum absolute atomic E-state index is 0. The smallest absolute Gasteiger partial charge is 0.244 e. The molecule has 1 heterocycles. The van der Waals surface area contributed by atoms with Gasteiger partial charge in [0.1, 0.15) is 6.54 Å². The maximum atomic E-state index is 11.8. The summed E-state index contributed by atoms with van der Waals surface area (Å²) in [5.74, 6) is 0.873. The Hall–Kier alpha value is -0.530. The Kier molecular flexibility index (Phi) is 10.1. The van der Waals surface area contributed by atoms with Gasteiger partial charge in [0.05, 0.1) is 0 Å². The highest BCUT2D eigenvalue weighted by Crippen LogP contribution is 2.07. The van der Waals surface area contributed by atoms with Crippen LogP contribution in [0.15, 0.2) is 4.99 Å². The molecular weight excluding hydrogens is 343 g/mol. The van der Waals surface area contributed by atoms with E-state index in [1.807, 2.05) is 11.8 Å². The van der Waals surface area contributed by atoms with E-state index in [1.54, 1.807) is 0 Å². The molecule has 0 aromatic rings. The fraction of sp³-hybridized carbons (Fsp3) is 0.833. The lowest BCUT2D eigenvalue weighted by Gasteiger charge is -2.14. The minimum Gasteiger partial charge on any atom is -0.357 e. The monoisotopic (exact) mass is 368 g/mol. The van der Waals surface area contributed by atoms with Gasteiger partial charge in [-0.2, -0.15) is 0 Å². The molecule has 1 saturated heterocycles. The highest BCUT2D eigenvalue weighted by molar-refractivity contribution is 14.0. The highest BCUT2D eigenvalue weighted by atomic mass is 127. The Labute approximate surface area is 127 Å². The first-order valence-corrected chi connectivity index (χ1v) is 6.57. The van der Waals surface area contributed by atoms with Crippen molar-refractivity contribution in [1.82, 2.24) is 15.5 Å². The average Bonchev–Trinajstić information content (AvgIpc) is 2.86. The molecule has 0 spiro atoms. The predicted molar refractivity (Wildman–Crippen MR) is 85.5 cm³/mol. The van der Waals surface area contributed by atoms with E-state index in [0.717, 1.165) is 51.4 Å². The normalized spacial score (nSPS) is 15.2. The third kappa shape index (κ3) is 6.42. The van der Waals surface area contributed by atoms with Gasteiger partial charge >= 0.3 is 0 Å². The molecule has 1 amide bonds. The molecule has 18 heavy (non-hydrogen) atoms. The van der Waals surface area contributed by atoms with Gasteiger partial charge in [-0.15, -0.1) is 24.0 Å². The standard InChI is InChI=1S/C12H24N4O.HI/c1-3-7-14-12(13-4-2)15-10-11(17)16-8-5-6-9-16;/h3-10H2,1-2H3,(H2,13,14,15);1H. The number of hydrogen-bond donors (Lipinski definition) is 2. The van der Waals surface area contributed by atoms with E-state index in [1.165, 1.54) is 0 Å². The number of likely N-dealkylation sites (tertiary alicyclic amines) is 1. The number of carbonyl (C=O) groups excluding carboxylic acids is 1. The van der Waals surface area contributed by atoms with Crippen LogP contribution in [0.2, 0.25) is 0 Å². The second kappa shape index (κ2) is 10.4. The van der Waals surface area contributed by atoms with Gasteiger partial charge < -0.3 is 15.5 Å². The molecule has 6 heteroatoms. The molecule has 106 valence electrons. The van der Waals surface area contributed by atoms with E-state index in [-0.39, 0.29) is 36.4 Å². The first-order valence-electron chi connectivity index (χ1n) is 6.57. The lowest BCUT2D eigenvalue weighted by atomic mass is 10.4. The molecule has 1 aliphatic heterocycles. The molecular formula is C12H25IN4O. The Balaban J connectivity index is 0.00000289. The molecule has 0 aliphatic carbocycles. The SMILES string of the molecule is CCCNC(=NCC(=O)N1CCCC1)NCC.I. The first-order chi connectivity index (χ1) is 8.27. The molecule has 1 aliphatic rings. The summed E-state index contributed by atoms with van der Waals surface area (Å²) in [7, 11) is 0. The fourth-order valence-corrected chi connectivity index (χ4v) is 1.80. The van der Waals surface area contributed by atoms with Crippen molar-refractivity contribution in [2.45, 2.75) is 33.1 Å². The number of rotatable bonds is 5. The fourth-order valence-electron chi connectivity index (χ4n) is 1.80. The number of amides is 1. The summed E-state index contributed by atoms with van der Waals surface area (Å²) in [6.07, 6.45) is 3.30. The molecule has 0 atom stereocenters. The van der Waals surface area contributed by atoms with E-state index in [9.17, 15) is 4.79 Å². The number of carbonyl (C=O) groups is 1. The van der Waals surface area contributed by atoms with Crippen LogP contribution in [0.25, 0.3) is 0 Å². The summed E-state index contributed by atoms with van der Waals surface area (Å²) in [4.78, 5) is 18.0. The molecule has 0 aromatic carbocycles. The number of nitrogens with one attached hydrogen (secondary N) is 2. The van der Waals surface area contributed by atoms with Gasteiger partial charge in [0, 0.05) is 26.2 Å². The van der Waals surface area contributed by atoms with Crippen LogP contribution in [-0.4, -0.2) is 49.5 Å². The van der Waals surface area contributed by atoms with Crippen molar-refractivity contribution >= 4 is 35.8 Å². The Morgan fingerprint density at radius 2 is 1.89 bits per heavy atom. The van der Waals surface area contributed by atoms with Crippen molar-refractivity contribution in [3.8, 4) is 0 Å². The van der Waals surface area contributed by atoms with Gasteiger partial charge in [-0.25, -0.2) is 4.99 Å². The van der Waals surface area contributed by atoms with E-state index >= 15 is 0 Å². The molecule has 0 saturated carbocycles. The molecule has 0 radical (unpaired) electrons. The number of nitrogens with zero attached hydrogens (tertiary/aromatic N) is 2. The maximum Gasteiger partial charge on any atom is 0.244 e. The zero-order valence-corrected chi connectivity index (χ0v) is 13.7. The van der Waals surface area contributed by atoms with Crippen LogP contribution in [-0.2, 0) is 4.79 Å². The van der Waals surface area contributed by atoms with Crippen LogP contribution in [0.3, 0.4) is 0 Å². The number of halogens is 1. The molecule has 0 aromatic heterocycles. The van der Waals surface area contributed by atoms with Crippen molar-refractivity contribution < 1.29 is 4.79 Å². The lowest BCUT2D eigenvalue weighted by Crippen LogP contribution is -2.39. The highest BCUT2D eigenvalue weighted by Gasteiger charge is 2.17. The molecule has 2 N–H and O–H groups in total. The summed E-state index contributed by atoms with van der Waals surface area (Å²) in [5, 5.41) is 6.32. The van der Waals surface area contributed by atoms with Crippen LogP contribution in [0.5, 0.6) is 0 Å². The third-order valence-electron chi connectivity index (χ3n) is 2.72. The van der Waals surface area contributed by atoms with Gasteiger partial charge in [-0.1, -0.05) is 6.92 Å². The zero-order valence-electron chi connectivity index (χ0n) is 11.4. The molecule has 1 rings (SSSR count). The Bertz CT molecular complexity index is 265. The average molecular weight is 368 g/mol. The zero-order chi connectivity index (χ0) is 12.5. The van der Waals surface area contributed by atoms with Gasteiger partial charge in [0.25, 0.3) is 0 Å². The van der Waals surface area contributed by atoms with E-state index in [4.69, 9.17) is 0 Å². The number of hydrogen-bond acceptors (Lipinski definition) is 2. The Morgan fingerprint density at radius 1 is 1.22 bits per heavy atom. The summed E-state index contributed by atoms with van der Waals surface area (Å²) in [5.41, 5.74) is 0. The molecule has 0 bridgehead atoms. The van der Waals surface area contributed by atoms with Crippen LogP contribution in [0.4, 0.5) is 0 Å². The first kappa shape index (κ1) is 17.5. The molecule has 0 unspecified atom stereocenters. The van der Waals surface area contributed by atoms with Crippen LogP contribution >= 0.6 is 24.0 Å². The summed E-state index contributed by atoms with van der Waals surface area (Å²) in [6.45, 7) is 7.86. The van der Waals surface area contributed by atoms with Crippen molar-refractivity contribution in [2.75, 3.05) is 32.7 Å². The van der Waals surface area contributed by atoms with Gasteiger partial charge in [0.15, 0.2) is 5.96 Å². The van der Waals surface area contributed by atoms with Crippen molar-refractivity contribution in [3.05, 3.63) is 0 Å². The number of aliphatic imine (C=N–C) groups is 1. The van der Waals surface area contributed by atoms with Gasteiger partial charge in [-0.3, -0.25) is 4.79 Å². The van der Waals surface area contributed by atoms with E-state index < -0.39 is 0 Å².